The van der Waals surface area contributed by atoms with Gasteiger partial charge in [0.1, 0.15) is 6.61 Å². The highest BCUT2D eigenvalue weighted by molar-refractivity contribution is 5.72. The first-order valence-corrected chi connectivity index (χ1v) is 24.9. The number of allylic oxidation sites excluding steroid dienone is 18. The SMILES string of the molecule is CC/C=C/C/C=C/C/C=C/C/C=C/C/C=C/CCCCCC(=O)OCC(COCCC(C(=O)O)[N+](C)(C)C)OC(=O)CCCCCCC/C=C/C/C=C/C/C=C/C/C=C/CCCCC. The Morgan fingerprint density at radius 2 is 0.875 bits per heavy atom. The van der Waals surface area contributed by atoms with Gasteiger partial charge < -0.3 is 23.8 Å². The first-order chi connectivity index (χ1) is 31.1. The molecule has 1 N–H and O–H groups in total. The molecule has 0 fully saturated rings. The number of aliphatic carboxylic acids is 1. The molecule has 0 saturated carbocycles. The molecule has 0 aromatic carbocycles. The van der Waals surface area contributed by atoms with E-state index in [0.717, 1.165) is 116 Å². The van der Waals surface area contributed by atoms with Gasteiger partial charge in [-0.2, -0.15) is 0 Å². The van der Waals surface area contributed by atoms with E-state index in [0.29, 0.717) is 19.3 Å². The van der Waals surface area contributed by atoms with Crippen molar-refractivity contribution in [1.82, 2.24) is 0 Å². The van der Waals surface area contributed by atoms with Gasteiger partial charge in [0.2, 0.25) is 0 Å². The van der Waals surface area contributed by atoms with Crippen LogP contribution >= 0.6 is 0 Å². The molecule has 0 aromatic rings. The van der Waals surface area contributed by atoms with Crippen molar-refractivity contribution in [3.05, 3.63) is 109 Å². The number of rotatable bonds is 43. The van der Waals surface area contributed by atoms with E-state index in [1.165, 1.54) is 25.7 Å². The van der Waals surface area contributed by atoms with Crippen LogP contribution in [-0.2, 0) is 28.6 Å². The van der Waals surface area contributed by atoms with Crippen LogP contribution in [0.3, 0.4) is 0 Å². The molecule has 2 unspecified atom stereocenters. The number of carboxylic acids is 1. The fourth-order valence-corrected chi connectivity index (χ4v) is 6.57. The van der Waals surface area contributed by atoms with Gasteiger partial charge in [-0.05, 0) is 103 Å². The third-order valence-corrected chi connectivity index (χ3v) is 10.4. The van der Waals surface area contributed by atoms with Crippen LogP contribution in [0.25, 0.3) is 0 Å². The Morgan fingerprint density at radius 3 is 1.31 bits per heavy atom. The van der Waals surface area contributed by atoms with Crippen LogP contribution in [0.2, 0.25) is 0 Å². The summed E-state index contributed by atoms with van der Waals surface area (Å²) in [6, 6.07) is -0.631. The molecule has 64 heavy (non-hydrogen) atoms. The number of esters is 2. The van der Waals surface area contributed by atoms with Gasteiger partial charge in [0, 0.05) is 19.3 Å². The average Bonchev–Trinajstić information content (AvgIpc) is 3.26. The minimum atomic E-state index is -0.888. The minimum Gasteiger partial charge on any atom is -0.477 e. The number of carboxylic acid groups (broad SMARTS) is 1. The molecule has 0 aromatic heterocycles. The fraction of sp³-hybridized carbons (Fsp3) is 0.625. The number of unbranched alkanes of at least 4 members (excludes halogenated alkanes) is 11. The molecule has 0 radical (unpaired) electrons. The predicted molar refractivity (Wildman–Crippen MR) is 270 cm³/mol. The molecule has 0 rings (SSSR count). The highest BCUT2D eigenvalue weighted by Crippen LogP contribution is 2.12. The van der Waals surface area contributed by atoms with Crippen molar-refractivity contribution in [2.24, 2.45) is 0 Å². The molecule has 0 spiro atoms. The molecule has 0 aliphatic heterocycles. The number of likely N-dealkylation sites (N-methyl/N-ethyl adjacent to an activating group) is 1. The molecule has 362 valence electrons. The number of hydrogen-bond donors (Lipinski definition) is 1. The van der Waals surface area contributed by atoms with Gasteiger partial charge in [-0.25, -0.2) is 4.79 Å². The second-order valence-corrected chi connectivity index (χ2v) is 17.3. The van der Waals surface area contributed by atoms with Gasteiger partial charge >= 0.3 is 17.9 Å². The van der Waals surface area contributed by atoms with Gasteiger partial charge in [-0.1, -0.05) is 162 Å². The zero-order valence-electron chi connectivity index (χ0n) is 41.2. The summed E-state index contributed by atoms with van der Waals surface area (Å²) in [6.45, 7) is 4.52. The van der Waals surface area contributed by atoms with E-state index in [-0.39, 0.29) is 36.2 Å². The Bertz CT molecular complexity index is 1410. The van der Waals surface area contributed by atoms with Crippen LogP contribution < -0.4 is 0 Å². The van der Waals surface area contributed by atoms with E-state index in [4.69, 9.17) is 14.2 Å². The Balaban J connectivity index is 4.41. The van der Waals surface area contributed by atoms with Gasteiger partial charge in [0.15, 0.2) is 12.1 Å². The van der Waals surface area contributed by atoms with Crippen molar-refractivity contribution in [3.8, 4) is 0 Å². The average molecular weight is 891 g/mol. The summed E-state index contributed by atoms with van der Waals surface area (Å²) in [4.78, 5) is 37.1. The van der Waals surface area contributed by atoms with Crippen LogP contribution in [0.4, 0.5) is 0 Å². The van der Waals surface area contributed by atoms with Crippen molar-refractivity contribution < 1.29 is 38.2 Å². The Hall–Kier alpha value is -4.01. The Kier molecular flexibility index (Phi) is 42.7. The predicted octanol–water partition coefficient (Wildman–Crippen LogP) is 14.4. The third-order valence-electron chi connectivity index (χ3n) is 10.4. The first-order valence-electron chi connectivity index (χ1n) is 24.9. The van der Waals surface area contributed by atoms with E-state index in [9.17, 15) is 19.5 Å². The van der Waals surface area contributed by atoms with Crippen LogP contribution in [0.1, 0.15) is 174 Å². The summed E-state index contributed by atoms with van der Waals surface area (Å²) in [7, 11) is 5.50. The smallest absolute Gasteiger partial charge is 0.362 e. The fourth-order valence-electron chi connectivity index (χ4n) is 6.57. The van der Waals surface area contributed by atoms with Gasteiger partial charge in [0.05, 0.1) is 34.4 Å². The summed E-state index contributed by atoms with van der Waals surface area (Å²) >= 11 is 0. The number of carbonyl (C=O) groups excluding carboxylic acids is 2. The lowest BCUT2D eigenvalue weighted by atomic mass is 10.1. The molecular formula is C56H92NO7+. The largest absolute Gasteiger partial charge is 0.477 e. The van der Waals surface area contributed by atoms with Gasteiger partial charge in [0.25, 0.3) is 0 Å². The summed E-state index contributed by atoms with van der Waals surface area (Å²) in [5, 5.41) is 9.65. The molecule has 0 aliphatic rings. The highest BCUT2D eigenvalue weighted by Gasteiger charge is 2.31. The summed E-state index contributed by atoms with van der Waals surface area (Å²) in [5.41, 5.74) is 0. The lowest BCUT2D eigenvalue weighted by Gasteiger charge is -2.31. The standard InChI is InChI=1S/C56H91NO7/c1-6-8-10-12-14-16-18-20-22-24-26-27-29-31-33-35-37-39-41-43-45-47-55(59)64-52(50-62-49-48-53(56(60)61)57(3,4)5)51-63-54(58)46-44-42-40-38-36-34-32-30-28-25-23-21-19-17-15-13-11-9-7-2/h9,11,14-17,20-23,26-28,30-31,33-34,36,52-53H,6-8,10,12-13,18-19,24-25,29,32,35,37-51H2,1-5H3/p+1/b11-9+,16-14+,17-15+,22-20+,23-21+,27-26+,30-28+,33-31+,36-34+. The minimum absolute atomic E-state index is 0.0350. The van der Waals surface area contributed by atoms with E-state index in [2.05, 4.69) is 123 Å². The van der Waals surface area contributed by atoms with Gasteiger partial charge in [-0.15, -0.1) is 0 Å². The third kappa shape index (κ3) is 43.3. The van der Waals surface area contributed by atoms with Crippen molar-refractivity contribution in [2.45, 2.75) is 187 Å². The molecule has 0 saturated heterocycles. The Morgan fingerprint density at radius 1 is 0.484 bits per heavy atom. The number of quaternary nitrogens is 1. The van der Waals surface area contributed by atoms with Crippen molar-refractivity contribution in [3.63, 3.8) is 0 Å². The lowest BCUT2D eigenvalue weighted by Crippen LogP contribution is -2.50. The molecule has 2 atom stereocenters. The van der Waals surface area contributed by atoms with Crippen LogP contribution in [0.5, 0.6) is 0 Å². The van der Waals surface area contributed by atoms with E-state index in [1.807, 2.05) is 21.1 Å². The maximum absolute atomic E-state index is 12.8. The quantitative estimate of drug-likeness (QED) is 0.0282. The van der Waals surface area contributed by atoms with Crippen molar-refractivity contribution in [1.29, 1.82) is 0 Å². The number of carbonyl (C=O) groups is 3. The second-order valence-electron chi connectivity index (χ2n) is 17.3. The maximum atomic E-state index is 12.8. The lowest BCUT2D eigenvalue weighted by molar-refractivity contribution is -0.887. The zero-order chi connectivity index (χ0) is 47.0. The zero-order valence-corrected chi connectivity index (χ0v) is 41.2. The molecule has 8 heteroatoms. The second kappa shape index (κ2) is 45.6. The van der Waals surface area contributed by atoms with E-state index >= 15 is 0 Å². The molecular weight excluding hydrogens is 799 g/mol. The normalized spacial score (nSPS) is 13.8. The molecule has 0 aliphatic carbocycles. The molecule has 8 nitrogen and oxygen atoms in total. The number of nitrogens with zero attached hydrogens (tertiary/aromatic N) is 1. The van der Waals surface area contributed by atoms with Crippen molar-refractivity contribution >= 4 is 17.9 Å². The highest BCUT2D eigenvalue weighted by atomic mass is 16.6. The molecule has 0 bridgehead atoms. The topological polar surface area (TPSA) is 99.1 Å². The summed E-state index contributed by atoms with van der Waals surface area (Å²) in [6.07, 6.45) is 62.7. The van der Waals surface area contributed by atoms with Crippen molar-refractivity contribution in [2.75, 3.05) is 41.0 Å². The monoisotopic (exact) mass is 891 g/mol. The van der Waals surface area contributed by atoms with E-state index in [1.54, 1.807) is 0 Å². The first kappa shape index (κ1) is 60.0. The number of ether oxygens (including phenoxy) is 3. The van der Waals surface area contributed by atoms with Crippen LogP contribution in [0, 0.1) is 0 Å². The van der Waals surface area contributed by atoms with Gasteiger partial charge in [-0.3, -0.25) is 9.59 Å². The molecule has 0 amide bonds. The van der Waals surface area contributed by atoms with E-state index < -0.39 is 18.1 Å². The summed E-state index contributed by atoms with van der Waals surface area (Å²) < 4.78 is 17.3. The maximum Gasteiger partial charge on any atom is 0.362 e. The number of hydrogen-bond acceptors (Lipinski definition) is 6. The van der Waals surface area contributed by atoms with Crippen LogP contribution in [0.15, 0.2) is 109 Å². The summed E-state index contributed by atoms with van der Waals surface area (Å²) in [5.74, 6) is -1.55. The Labute approximate surface area is 391 Å². The molecule has 0 heterocycles. The van der Waals surface area contributed by atoms with Crippen LogP contribution in [-0.4, -0.2) is 80.6 Å².